The van der Waals surface area contributed by atoms with E-state index in [9.17, 15) is 9.59 Å². The molecule has 2 N–H and O–H groups in total. The van der Waals surface area contributed by atoms with Crippen molar-refractivity contribution in [3.8, 4) is 11.5 Å². The second kappa shape index (κ2) is 11.9. The molecule has 0 aliphatic rings. The van der Waals surface area contributed by atoms with E-state index in [0.717, 1.165) is 22.6 Å². The smallest absolute Gasteiger partial charge is 0.266 e. The lowest BCUT2D eigenvalue weighted by Gasteiger charge is -2.03. The molecule has 152 valence electrons. The highest BCUT2D eigenvalue weighted by Crippen LogP contribution is 2.10. The van der Waals surface area contributed by atoms with E-state index < -0.39 is 11.8 Å². The second-order valence-electron chi connectivity index (χ2n) is 5.63. The van der Waals surface area contributed by atoms with E-state index >= 15 is 0 Å². The van der Waals surface area contributed by atoms with Crippen molar-refractivity contribution in [1.82, 2.24) is 10.9 Å². The van der Waals surface area contributed by atoms with Crippen molar-refractivity contribution in [2.75, 3.05) is 27.4 Å². The van der Waals surface area contributed by atoms with Crippen LogP contribution in [0.3, 0.4) is 0 Å². The van der Waals surface area contributed by atoms with Crippen molar-refractivity contribution < 1.29 is 23.8 Å². The minimum Gasteiger partial charge on any atom is -0.497 e. The molecule has 0 bridgehead atoms. The number of amides is 2. The van der Waals surface area contributed by atoms with Gasteiger partial charge in [0.2, 0.25) is 0 Å². The maximum Gasteiger partial charge on any atom is 0.266 e. The number of rotatable bonds is 10. The maximum absolute atomic E-state index is 11.6. The molecule has 0 heterocycles. The molecule has 0 aromatic heterocycles. The van der Waals surface area contributed by atoms with Crippen LogP contribution in [0.4, 0.5) is 0 Å². The van der Waals surface area contributed by atoms with Crippen LogP contribution in [0.1, 0.15) is 11.1 Å². The van der Waals surface area contributed by atoms with Gasteiger partial charge in [0.15, 0.2) is 0 Å². The van der Waals surface area contributed by atoms with Crippen LogP contribution in [-0.2, 0) is 14.3 Å². The van der Waals surface area contributed by atoms with E-state index in [1.807, 2.05) is 0 Å². The Labute approximate surface area is 168 Å². The number of hydrazone groups is 2. The summed E-state index contributed by atoms with van der Waals surface area (Å²) in [5, 5.41) is 7.62. The maximum atomic E-state index is 11.6. The van der Waals surface area contributed by atoms with Gasteiger partial charge in [-0.2, -0.15) is 10.2 Å². The number of methoxy groups -OCH3 is 2. The summed E-state index contributed by atoms with van der Waals surface area (Å²) in [4.78, 5) is 23.3. The third kappa shape index (κ3) is 8.22. The Hall–Kier alpha value is -3.72. The number of hydrogen-bond donors (Lipinski definition) is 2. The van der Waals surface area contributed by atoms with Crippen molar-refractivity contribution in [1.29, 1.82) is 0 Å². The summed E-state index contributed by atoms with van der Waals surface area (Å²) in [6.45, 7) is -0.620. The van der Waals surface area contributed by atoms with E-state index in [-0.39, 0.29) is 13.2 Å². The molecule has 0 atom stereocenters. The number of carbonyl (C=O) groups is 2. The summed E-state index contributed by atoms with van der Waals surface area (Å²) in [6.07, 6.45) is 2.97. The average Bonchev–Trinajstić information content (AvgIpc) is 2.75. The van der Waals surface area contributed by atoms with Crippen LogP contribution in [0, 0.1) is 0 Å². The zero-order chi connectivity index (χ0) is 20.9. The lowest BCUT2D eigenvalue weighted by Crippen LogP contribution is -2.28. The quantitative estimate of drug-likeness (QED) is 0.463. The highest BCUT2D eigenvalue weighted by atomic mass is 16.5. The van der Waals surface area contributed by atoms with Gasteiger partial charge in [-0.15, -0.1) is 0 Å². The zero-order valence-corrected chi connectivity index (χ0v) is 16.1. The molecule has 2 aromatic carbocycles. The third-order valence-electron chi connectivity index (χ3n) is 3.50. The minimum atomic E-state index is -0.482. The van der Waals surface area contributed by atoms with Crippen LogP contribution in [0.25, 0.3) is 0 Å². The monoisotopic (exact) mass is 398 g/mol. The number of benzene rings is 2. The molecule has 2 amide bonds. The van der Waals surface area contributed by atoms with E-state index in [2.05, 4.69) is 21.1 Å². The van der Waals surface area contributed by atoms with Crippen LogP contribution in [0.15, 0.2) is 58.7 Å². The number of nitrogens with zero attached hydrogens (tertiary/aromatic N) is 2. The van der Waals surface area contributed by atoms with Gasteiger partial charge in [0.25, 0.3) is 11.8 Å². The summed E-state index contributed by atoms with van der Waals surface area (Å²) >= 11 is 0. The first kappa shape index (κ1) is 21.6. The first-order valence-corrected chi connectivity index (χ1v) is 8.60. The SMILES string of the molecule is COc1ccc(/C=N/NC(=O)COCC(=O)N/N=C/c2ccc(OC)cc2)cc1. The molecule has 0 fully saturated rings. The zero-order valence-electron chi connectivity index (χ0n) is 16.1. The van der Waals surface area contributed by atoms with Crippen molar-refractivity contribution >= 4 is 24.2 Å². The van der Waals surface area contributed by atoms with Crippen LogP contribution < -0.4 is 20.3 Å². The topological polar surface area (TPSA) is 111 Å². The Morgan fingerprint density at radius 2 is 1.14 bits per heavy atom. The molecule has 0 radical (unpaired) electrons. The summed E-state index contributed by atoms with van der Waals surface area (Å²) < 4.78 is 15.1. The third-order valence-corrected chi connectivity index (χ3v) is 3.50. The first-order chi connectivity index (χ1) is 14.1. The van der Waals surface area contributed by atoms with Crippen molar-refractivity contribution in [2.24, 2.45) is 10.2 Å². The fourth-order valence-electron chi connectivity index (χ4n) is 2.04. The molecule has 0 saturated heterocycles. The number of hydrogen-bond acceptors (Lipinski definition) is 7. The molecule has 0 spiro atoms. The van der Waals surface area contributed by atoms with Gasteiger partial charge in [-0.05, 0) is 59.7 Å². The van der Waals surface area contributed by atoms with Crippen molar-refractivity contribution in [3.05, 3.63) is 59.7 Å². The van der Waals surface area contributed by atoms with Gasteiger partial charge in [-0.3, -0.25) is 9.59 Å². The van der Waals surface area contributed by atoms with Crippen LogP contribution >= 0.6 is 0 Å². The Bertz CT molecular complexity index is 777. The molecule has 0 aliphatic heterocycles. The first-order valence-electron chi connectivity index (χ1n) is 8.60. The molecular formula is C20H22N4O5. The Morgan fingerprint density at radius 1 is 0.759 bits per heavy atom. The van der Waals surface area contributed by atoms with E-state index in [1.165, 1.54) is 12.4 Å². The fraction of sp³-hybridized carbons (Fsp3) is 0.200. The van der Waals surface area contributed by atoms with Crippen LogP contribution in [0.5, 0.6) is 11.5 Å². The molecule has 0 unspecified atom stereocenters. The van der Waals surface area contributed by atoms with Gasteiger partial charge >= 0.3 is 0 Å². The van der Waals surface area contributed by atoms with Crippen LogP contribution in [-0.4, -0.2) is 51.7 Å². The molecule has 0 aliphatic carbocycles. The predicted octanol–water partition coefficient (Wildman–Crippen LogP) is 1.32. The number of carbonyl (C=O) groups excluding carboxylic acids is 2. The van der Waals surface area contributed by atoms with Gasteiger partial charge in [0, 0.05) is 0 Å². The van der Waals surface area contributed by atoms with Gasteiger partial charge in [0.05, 0.1) is 26.6 Å². The van der Waals surface area contributed by atoms with Gasteiger partial charge in [-0.25, -0.2) is 10.9 Å². The van der Waals surface area contributed by atoms with Crippen molar-refractivity contribution in [3.63, 3.8) is 0 Å². The number of nitrogens with one attached hydrogen (secondary N) is 2. The van der Waals surface area contributed by atoms with E-state index in [0.29, 0.717) is 0 Å². The number of ether oxygens (including phenoxy) is 3. The van der Waals surface area contributed by atoms with Gasteiger partial charge in [0.1, 0.15) is 24.7 Å². The van der Waals surface area contributed by atoms with Crippen LogP contribution in [0.2, 0.25) is 0 Å². The van der Waals surface area contributed by atoms with E-state index in [4.69, 9.17) is 14.2 Å². The minimum absolute atomic E-state index is 0.310. The summed E-state index contributed by atoms with van der Waals surface area (Å²) in [7, 11) is 3.16. The Balaban J connectivity index is 1.62. The highest BCUT2D eigenvalue weighted by Gasteiger charge is 2.03. The highest BCUT2D eigenvalue weighted by molar-refractivity contribution is 5.84. The molecule has 0 saturated carbocycles. The van der Waals surface area contributed by atoms with E-state index in [1.54, 1.807) is 62.8 Å². The lowest BCUT2D eigenvalue weighted by atomic mass is 10.2. The summed E-state index contributed by atoms with van der Waals surface area (Å²) in [5.74, 6) is 0.492. The van der Waals surface area contributed by atoms with Crippen molar-refractivity contribution in [2.45, 2.75) is 0 Å². The fourth-order valence-corrected chi connectivity index (χ4v) is 2.04. The average molecular weight is 398 g/mol. The summed E-state index contributed by atoms with van der Waals surface area (Å²) in [6, 6.07) is 14.3. The predicted molar refractivity (Wildman–Crippen MR) is 108 cm³/mol. The molecule has 9 heteroatoms. The van der Waals surface area contributed by atoms with Gasteiger partial charge in [-0.1, -0.05) is 0 Å². The largest absolute Gasteiger partial charge is 0.497 e. The molecule has 9 nitrogen and oxygen atoms in total. The normalized spacial score (nSPS) is 10.8. The lowest BCUT2D eigenvalue weighted by molar-refractivity contribution is -0.130. The summed E-state index contributed by atoms with van der Waals surface area (Å²) in [5.41, 5.74) is 6.21. The Morgan fingerprint density at radius 3 is 1.48 bits per heavy atom. The Kier molecular flexibility index (Phi) is 8.84. The molecule has 2 aromatic rings. The molecular weight excluding hydrogens is 376 g/mol. The van der Waals surface area contributed by atoms with Gasteiger partial charge < -0.3 is 14.2 Å². The molecule has 2 rings (SSSR count). The second-order valence-corrected chi connectivity index (χ2v) is 5.63. The standard InChI is InChI=1S/C20H22N4O5/c1-27-17-7-3-15(4-8-17)11-21-23-19(25)13-29-14-20(26)24-22-12-16-5-9-18(28-2)10-6-16/h3-12H,13-14H2,1-2H3,(H,23,25)(H,24,26)/b21-11+,22-12+. The molecule has 29 heavy (non-hydrogen) atoms.